The molecule has 1 aliphatic heterocycles. The molecule has 1 fully saturated rings. The zero-order chi connectivity index (χ0) is 10.0. The van der Waals surface area contributed by atoms with Crippen molar-refractivity contribution in [1.29, 1.82) is 0 Å². The number of aromatic nitrogens is 2. The maximum Gasteiger partial charge on any atom is 0.325 e. The molecule has 3 N–H and O–H groups in total. The number of imidazole rings is 1. The van der Waals surface area contributed by atoms with Crippen LogP contribution in [-0.2, 0) is 11.3 Å². The average Bonchev–Trinajstić information content (AvgIpc) is 2.52. The van der Waals surface area contributed by atoms with Gasteiger partial charge in [0.2, 0.25) is 0 Å². The first-order valence-corrected chi connectivity index (χ1v) is 4.80. The molecule has 2 heterocycles. The number of hydrogen-bond acceptors (Lipinski definition) is 3. The standard InChI is InChI=1S/C9H15N3O2/c10-9(1-5-14-6-2-9)7-12-4-3-11-8(12)13/h3-4H,1-2,5-7,10H2,(H,11,13). The van der Waals surface area contributed by atoms with Crippen LogP contribution in [0.25, 0.3) is 0 Å². The van der Waals surface area contributed by atoms with Gasteiger partial charge in [-0.15, -0.1) is 0 Å². The molecule has 0 bridgehead atoms. The van der Waals surface area contributed by atoms with Crippen molar-refractivity contribution in [3.63, 3.8) is 0 Å². The van der Waals surface area contributed by atoms with Gasteiger partial charge < -0.3 is 15.5 Å². The van der Waals surface area contributed by atoms with Gasteiger partial charge in [0.1, 0.15) is 0 Å². The molecule has 1 saturated heterocycles. The number of rotatable bonds is 2. The van der Waals surface area contributed by atoms with Crippen LogP contribution in [0, 0.1) is 0 Å². The van der Waals surface area contributed by atoms with E-state index in [1.165, 1.54) is 0 Å². The van der Waals surface area contributed by atoms with E-state index in [1.54, 1.807) is 17.0 Å². The Morgan fingerprint density at radius 3 is 2.86 bits per heavy atom. The summed E-state index contributed by atoms with van der Waals surface area (Å²) in [4.78, 5) is 13.9. The van der Waals surface area contributed by atoms with Crippen LogP contribution < -0.4 is 11.4 Å². The van der Waals surface area contributed by atoms with Crippen LogP contribution in [0.4, 0.5) is 0 Å². The Labute approximate surface area is 81.9 Å². The summed E-state index contributed by atoms with van der Waals surface area (Å²) in [5, 5.41) is 0. The van der Waals surface area contributed by atoms with Crippen molar-refractivity contribution in [1.82, 2.24) is 9.55 Å². The first kappa shape index (κ1) is 9.48. The molecule has 0 unspecified atom stereocenters. The molecule has 1 aromatic heterocycles. The van der Waals surface area contributed by atoms with Crippen LogP contribution in [0.5, 0.6) is 0 Å². The Bertz CT molecular complexity index is 349. The van der Waals surface area contributed by atoms with Crippen molar-refractivity contribution in [3.05, 3.63) is 22.9 Å². The molecule has 0 saturated carbocycles. The maximum absolute atomic E-state index is 11.3. The highest BCUT2D eigenvalue weighted by Gasteiger charge is 2.28. The zero-order valence-corrected chi connectivity index (χ0v) is 8.03. The fourth-order valence-corrected chi connectivity index (χ4v) is 1.75. The molecule has 5 heteroatoms. The summed E-state index contributed by atoms with van der Waals surface area (Å²) in [5.74, 6) is 0. The number of nitrogens with zero attached hydrogens (tertiary/aromatic N) is 1. The Morgan fingerprint density at radius 2 is 2.29 bits per heavy atom. The van der Waals surface area contributed by atoms with Crippen molar-refractivity contribution >= 4 is 0 Å². The Balaban J connectivity index is 2.09. The topological polar surface area (TPSA) is 73.0 Å². The highest BCUT2D eigenvalue weighted by Crippen LogP contribution is 2.18. The minimum atomic E-state index is -0.287. The van der Waals surface area contributed by atoms with Crippen LogP contribution in [0.3, 0.4) is 0 Å². The molecular formula is C9H15N3O2. The summed E-state index contributed by atoms with van der Waals surface area (Å²) in [6, 6.07) is 0. The molecule has 1 aromatic rings. The van der Waals surface area contributed by atoms with Crippen molar-refractivity contribution in [2.75, 3.05) is 13.2 Å². The predicted octanol–water partition coefficient (Wildman–Crippen LogP) is -0.316. The zero-order valence-electron chi connectivity index (χ0n) is 8.03. The van der Waals surface area contributed by atoms with E-state index in [1.807, 2.05) is 0 Å². The Hall–Kier alpha value is -1.07. The third-order valence-electron chi connectivity index (χ3n) is 2.70. The van der Waals surface area contributed by atoms with E-state index in [-0.39, 0.29) is 11.2 Å². The lowest BCUT2D eigenvalue weighted by Gasteiger charge is -2.33. The molecule has 5 nitrogen and oxygen atoms in total. The second kappa shape index (κ2) is 3.59. The molecule has 0 atom stereocenters. The van der Waals surface area contributed by atoms with E-state index in [0.717, 1.165) is 12.8 Å². The van der Waals surface area contributed by atoms with Gasteiger partial charge in [-0.05, 0) is 12.8 Å². The van der Waals surface area contributed by atoms with E-state index < -0.39 is 0 Å². The largest absolute Gasteiger partial charge is 0.381 e. The van der Waals surface area contributed by atoms with Gasteiger partial charge in [-0.1, -0.05) is 0 Å². The molecule has 78 valence electrons. The molecule has 14 heavy (non-hydrogen) atoms. The number of nitrogens with one attached hydrogen (secondary N) is 1. The number of nitrogens with two attached hydrogens (primary N) is 1. The lowest BCUT2D eigenvalue weighted by atomic mass is 9.91. The minimum absolute atomic E-state index is 0.0960. The number of H-pyrrole nitrogens is 1. The minimum Gasteiger partial charge on any atom is -0.381 e. The number of aromatic amines is 1. The average molecular weight is 197 g/mol. The normalized spacial score (nSPS) is 20.9. The third kappa shape index (κ3) is 1.88. The molecular weight excluding hydrogens is 182 g/mol. The summed E-state index contributed by atoms with van der Waals surface area (Å²) in [6.45, 7) is 1.95. The highest BCUT2D eigenvalue weighted by atomic mass is 16.5. The Morgan fingerprint density at radius 1 is 1.57 bits per heavy atom. The molecule has 0 aliphatic carbocycles. The van der Waals surface area contributed by atoms with Crippen LogP contribution in [-0.4, -0.2) is 28.3 Å². The fourth-order valence-electron chi connectivity index (χ4n) is 1.75. The SMILES string of the molecule is NC1(Cn2cc[nH]c2=O)CCOCC1. The summed E-state index contributed by atoms with van der Waals surface area (Å²) in [6.07, 6.45) is 4.98. The van der Waals surface area contributed by atoms with Gasteiger partial charge in [-0.2, -0.15) is 0 Å². The van der Waals surface area contributed by atoms with Crippen LogP contribution in [0.15, 0.2) is 17.2 Å². The number of hydrogen-bond donors (Lipinski definition) is 2. The predicted molar refractivity (Wildman–Crippen MR) is 52.0 cm³/mol. The Kier molecular flexibility index (Phi) is 2.43. The van der Waals surface area contributed by atoms with Crippen molar-refractivity contribution in [3.8, 4) is 0 Å². The summed E-state index contributed by atoms with van der Waals surface area (Å²) in [5.41, 5.74) is 5.78. The molecule has 2 rings (SSSR count). The van der Waals surface area contributed by atoms with E-state index in [0.29, 0.717) is 19.8 Å². The van der Waals surface area contributed by atoms with E-state index in [9.17, 15) is 4.79 Å². The lowest BCUT2D eigenvalue weighted by molar-refractivity contribution is 0.0467. The van der Waals surface area contributed by atoms with E-state index >= 15 is 0 Å². The molecule has 1 aliphatic rings. The summed E-state index contributed by atoms with van der Waals surface area (Å²) < 4.78 is 6.86. The highest BCUT2D eigenvalue weighted by molar-refractivity contribution is 4.89. The van der Waals surface area contributed by atoms with Gasteiger partial charge in [-0.25, -0.2) is 4.79 Å². The van der Waals surface area contributed by atoms with E-state index in [4.69, 9.17) is 10.5 Å². The molecule has 0 spiro atoms. The monoisotopic (exact) mass is 197 g/mol. The molecule has 0 radical (unpaired) electrons. The quantitative estimate of drug-likeness (QED) is 0.682. The molecule has 0 amide bonds. The van der Waals surface area contributed by atoms with Crippen molar-refractivity contribution in [2.45, 2.75) is 24.9 Å². The third-order valence-corrected chi connectivity index (χ3v) is 2.70. The second-order valence-corrected chi connectivity index (χ2v) is 3.87. The smallest absolute Gasteiger partial charge is 0.325 e. The van der Waals surface area contributed by atoms with E-state index in [2.05, 4.69) is 4.98 Å². The van der Waals surface area contributed by atoms with Gasteiger partial charge in [0.15, 0.2) is 0 Å². The first-order valence-electron chi connectivity index (χ1n) is 4.80. The van der Waals surface area contributed by atoms with Gasteiger partial charge in [-0.3, -0.25) is 4.57 Å². The first-order chi connectivity index (χ1) is 6.70. The van der Waals surface area contributed by atoms with Crippen LogP contribution in [0.1, 0.15) is 12.8 Å². The molecule has 0 aromatic carbocycles. The summed E-state index contributed by atoms with van der Waals surface area (Å²) >= 11 is 0. The second-order valence-electron chi connectivity index (χ2n) is 3.87. The van der Waals surface area contributed by atoms with Gasteiger partial charge >= 0.3 is 5.69 Å². The van der Waals surface area contributed by atoms with Crippen LogP contribution in [0.2, 0.25) is 0 Å². The van der Waals surface area contributed by atoms with Crippen molar-refractivity contribution < 1.29 is 4.74 Å². The van der Waals surface area contributed by atoms with Gasteiger partial charge in [0.05, 0.1) is 0 Å². The van der Waals surface area contributed by atoms with Crippen molar-refractivity contribution in [2.24, 2.45) is 5.73 Å². The lowest BCUT2D eigenvalue weighted by Crippen LogP contribution is -2.49. The van der Waals surface area contributed by atoms with Gasteiger partial charge in [0, 0.05) is 37.7 Å². The number of ether oxygens (including phenoxy) is 1. The summed E-state index contributed by atoms with van der Waals surface area (Å²) in [7, 11) is 0. The van der Waals surface area contributed by atoms with Crippen LogP contribution >= 0.6 is 0 Å². The van der Waals surface area contributed by atoms with Gasteiger partial charge in [0.25, 0.3) is 0 Å². The maximum atomic E-state index is 11.3. The fraction of sp³-hybridized carbons (Fsp3) is 0.667.